The molecule has 0 unspecified atom stereocenters. The number of para-hydroxylation sites is 1. The minimum absolute atomic E-state index is 0.378. The number of rotatable bonds is 3. The van der Waals surface area contributed by atoms with E-state index in [-0.39, 0.29) is 6.03 Å². The largest absolute Gasteiger partial charge is 0.339 e. The third-order valence-corrected chi connectivity index (χ3v) is 4.20. The number of carbonyl (C=O) groups excluding carboxylic acids is 1. The van der Waals surface area contributed by atoms with E-state index in [0.717, 1.165) is 32.8 Å². The maximum atomic E-state index is 12.0. The molecule has 2 amide bonds. The highest BCUT2D eigenvalue weighted by Gasteiger charge is 2.05. The van der Waals surface area contributed by atoms with Crippen molar-refractivity contribution in [2.24, 2.45) is 5.10 Å². The number of fused-ring (bicyclic) bond motifs is 2. The van der Waals surface area contributed by atoms with E-state index >= 15 is 0 Å². The van der Waals surface area contributed by atoms with Crippen molar-refractivity contribution in [1.29, 1.82) is 0 Å². The Labute approximate surface area is 151 Å². The number of nitrogens with one attached hydrogen (secondary N) is 2. The first-order valence-corrected chi connectivity index (χ1v) is 8.37. The molecule has 0 aliphatic heterocycles. The molecule has 0 atom stereocenters. The van der Waals surface area contributed by atoms with Crippen molar-refractivity contribution in [2.75, 3.05) is 5.32 Å². The van der Waals surface area contributed by atoms with Crippen LogP contribution in [0.15, 0.2) is 90.0 Å². The molecule has 26 heavy (non-hydrogen) atoms. The van der Waals surface area contributed by atoms with E-state index in [4.69, 9.17) is 0 Å². The van der Waals surface area contributed by atoms with Gasteiger partial charge in [0, 0.05) is 11.3 Å². The normalized spacial score (nSPS) is 11.1. The number of amides is 2. The number of nitrogens with zero attached hydrogens (tertiary/aromatic N) is 1. The molecule has 0 aliphatic carbocycles. The van der Waals surface area contributed by atoms with Crippen LogP contribution in [0, 0.1) is 0 Å². The molecule has 0 saturated heterocycles. The molecule has 0 spiro atoms. The summed E-state index contributed by atoms with van der Waals surface area (Å²) in [5.74, 6) is 0. The van der Waals surface area contributed by atoms with Crippen LogP contribution in [0.25, 0.3) is 21.5 Å². The van der Waals surface area contributed by atoms with Crippen LogP contribution < -0.4 is 10.7 Å². The van der Waals surface area contributed by atoms with Gasteiger partial charge in [-0.05, 0) is 39.7 Å². The number of urea groups is 1. The fraction of sp³-hybridized carbons (Fsp3) is 0. The monoisotopic (exact) mass is 339 g/mol. The first-order valence-electron chi connectivity index (χ1n) is 8.37. The lowest BCUT2D eigenvalue weighted by Gasteiger charge is -2.08. The van der Waals surface area contributed by atoms with Crippen molar-refractivity contribution >= 4 is 39.5 Å². The molecule has 0 aromatic heterocycles. The molecular formula is C22H17N3O. The van der Waals surface area contributed by atoms with Gasteiger partial charge in [0.2, 0.25) is 0 Å². The first kappa shape index (κ1) is 15.8. The molecule has 2 N–H and O–H groups in total. The summed E-state index contributed by atoms with van der Waals surface area (Å²) in [6, 6.07) is 27.4. The van der Waals surface area contributed by atoms with Gasteiger partial charge in [-0.1, -0.05) is 66.7 Å². The standard InChI is InChI=1S/C22H17N3O/c26-22(24-18-10-2-1-3-11-18)25-23-15-21-19-12-6-4-8-16(19)14-17-9-5-7-13-20(17)21/h1-15H,(H2,24,25,26)/b23-15+. The Kier molecular flexibility index (Phi) is 4.31. The third kappa shape index (κ3) is 3.26. The van der Waals surface area contributed by atoms with Crippen LogP contribution in [0.4, 0.5) is 10.5 Å². The van der Waals surface area contributed by atoms with E-state index in [9.17, 15) is 4.79 Å². The molecule has 0 heterocycles. The molecule has 4 rings (SSSR count). The molecule has 0 fully saturated rings. The van der Waals surface area contributed by atoms with Crippen LogP contribution >= 0.6 is 0 Å². The highest BCUT2D eigenvalue weighted by Crippen LogP contribution is 2.27. The number of carbonyl (C=O) groups is 1. The zero-order chi connectivity index (χ0) is 17.8. The zero-order valence-electron chi connectivity index (χ0n) is 14.0. The van der Waals surface area contributed by atoms with Crippen molar-refractivity contribution in [1.82, 2.24) is 5.43 Å². The van der Waals surface area contributed by atoms with Gasteiger partial charge in [0.1, 0.15) is 0 Å². The number of hydrogen-bond acceptors (Lipinski definition) is 2. The number of anilines is 1. The average molecular weight is 339 g/mol. The minimum Gasteiger partial charge on any atom is -0.307 e. The topological polar surface area (TPSA) is 53.5 Å². The molecule has 0 saturated carbocycles. The molecule has 4 nitrogen and oxygen atoms in total. The highest BCUT2D eigenvalue weighted by atomic mass is 16.2. The van der Waals surface area contributed by atoms with Gasteiger partial charge in [-0.2, -0.15) is 5.10 Å². The zero-order valence-corrected chi connectivity index (χ0v) is 14.0. The molecular weight excluding hydrogens is 322 g/mol. The maximum Gasteiger partial charge on any atom is 0.339 e. The fourth-order valence-electron chi connectivity index (χ4n) is 3.02. The van der Waals surface area contributed by atoms with E-state index in [0.29, 0.717) is 0 Å². The van der Waals surface area contributed by atoms with E-state index in [1.807, 2.05) is 54.6 Å². The van der Waals surface area contributed by atoms with Gasteiger partial charge in [0.25, 0.3) is 0 Å². The second-order valence-electron chi connectivity index (χ2n) is 5.92. The summed E-state index contributed by atoms with van der Waals surface area (Å²) in [5, 5.41) is 11.4. The lowest BCUT2D eigenvalue weighted by molar-refractivity contribution is 0.252. The molecule has 0 aliphatic rings. The van der Waals surface area contributed by atoms with Gasteiger partial charge in [-0.25, -0.2) is 10.2 Å². The second-order valence-corrected chi connectivity index (χ2v) is 5.92. The van der Waals surface area contributed by atoms with Gasteiger partial charge >= 0.3 is 6.03 Å². The Morgan fingerprint density at radius 1 is 0.769 bits per heavy atom. The molecule has 126 valence electrons. The number of hydrogen-bond donors (Lipinski definition) is 2. The van der Waals surface area contributed by atoms with Crippen LogP contribution in [0.3, 0.4) is 0 Å². The summed E-state index contributed by atoms with van der Waals surface area (Å²) >= 11 is 0. The van der Waals surface area contributed by atoms with Gasteiger partial charge in [-0.15, -0.1) is 0 Å². The van der Waals surface area contributed by atoms with Crippen molar-refractivity contribution in [3.63, 3.8) is 0 Å². The van der Waals surface area contributed by atoms with E-state index in [1.54, 1.807) is 6.21 Å². The molecule has 4 aromatic rings. The SMILES string of the molecule is O=C(N/N=C/c1c2ccccc2cc2ccccc12)Nc1ccccc1. The van der Waals surface area contributed by atoms with Crippen LogP contribution in [0.1, 0.15) is 5.56 Å². The van der Waals surface area contributed by atoms with Crippen molar-refractivity contribution in [3.8, 4) is 0 Å². The summed E-state index contributed by atoms with van der Waals surface area (Å²) in [6.45, 7) is 0. The average Bonchev–Trinajstić information content (AvgIpc) is 2.68. The predicted molar refractivity (Wildman–Crippen MR) is 108 cm³/mol. The number of hydrazone groups is 1. The summed E-state index contributed by atoms with van der Waals surface area (Å²) in [7, 11) is 0. The van der Waals surface area contributed by atoms with Gasteiger partial charge < -0.3 is 5.32 Å². The van der Waals surface area contributed by atoms with E-state index in [1.165, 1.54) is 0 Å². The molecule has 4 aromatic carbocycles. The Morgan fingerprint density at radius 3 is 2.00 bits per heavy atom. The Balaban J connectivity index is 1.63. The van der Waals surface area contributed by atoms with Gasteiger partial charge in [0.05, 0.1) is 6.21 Å². The lowest BCUT2D eigenvalue weighted by atomic mass is 9.97. The van der Waals surface area contributed by atoms with Crippen molar-refractivity contribution in [2.45, 2.75) is 0 Å². The number of benzene rings is 4. The van der Waals surface area contributed by atoms with E-state index in [2.05, 4.69) is 46.2 Å². The maximum absolute atomic E-state index is 12.0. The molecule has 4 heteroatoms. The van der Waals surface area contributed by atoms with Crippen LogP contribution in [0.5, 0.6) is 0 Å². The Morgan fingerprint density at radius 2 is 1.35 bits per heavy atom. The highest BCUT2D eigenvalue weighted by molar-refractivity contribution is 6.13. The van der Waals surface area contributed by atoms with Crippen molar-refractivity contribution in [3.05, 3.63) is 90.5 Å². The van der Waals surface area contributed by atoms with Gasteiger partial charge in [-0.3, -0.25) is 0 Å². The van der Waals surface area contributed by atoms with E-state index < -0.39 is 0 Å². The summed E-state index contributed by atoms with van der Waals surface area (Å²) in [4.78, 5) is 12.0. The van der Waals surface area contributed by atoms with Gasteiger partial charge in [0.15, 0.2) is 0 Å². The summed E-state index contributed by atoms with van der Waals surface area (Å²) < 4.78 is 0. The third-order valence-electron chi connectivity index (χ3n) is 4.20. The van der Waals surface area contributed by atoms with Crippen LogP contribution in [-0.2, 0) is 0 Å². The summed E-state index contributed by atoms with van der Waals surface area (Å²) in [6.07, 6.45) is 1.70. The van der Waals surface area contributed by atoms with Crippen LogP contribution in [-0.4, -0.2) is 12.2 Å². The smallest absolute Gasteiger partial charge is 0.307 e. The minimum atomic E-state index is -0.378. The lowest BCUT2D eigenvalue weighted by Crippen LogP contribution is -2.24. The van der Waals surface area contributed by atoms with Crippen LogP contribution in [0.2, 0.25) is 0 Å². The Bertz CT molecular complexity index is 1050. The quantitative estimate of drug-likeness (QED) is 0.303. The van der Waals surface area contributed by atoms with Crippen molar-refractivity contribution < 1.29 is 4.79 Å². The summed E-state index contributed by atoms with van der Waals surface area (Å²) in [5.41, 5.74) is 4.23. The fourth-order valence-corrected chi connectivity index (χ4v) is 3.02. The first-order chi connectivity index (χ1) is 12.8. The molecule has 0 radical (unpaired) electrons. The Hall–Kier alpha value is -3.66. The second kappa shape index (κ2) is 7.07. The molecule has 0 bridgehead atoms. The predicted octanol–water partition coefficient (Wildman–Crippen LogP) is 5.15.